The lowest BCUT2D eigenvalue weighted by atomic mass is 10.3. The van der Waals surface area contributed by atoms with Crippen LogP contribution in [0.3, 0.4) is 0 Å². The number of morpholine rings is 1. The standard InChI is InChI=1S/C13H21N5O2/c1-2-14-13(19)11-3-4-12(17-16-11)15-5-6-18-7-9-20-10-8-18/h3-4H,2,5-10H2,1H3,(H,14,19)(H,15,17). The molecule has 1 aromatic heterocycles. The van der Waals surface area contributed by atoms with E-state index in [1.54, 1.807) is 12.1 Å². The smallest absolute Gasteiger partial charge is 0.271 e. The van der Waals surface area contributed by atoms with Crippen molar-refractivity contribution in [1.82, 2.24) is 20.4 Å². The lowest BCUT2D eigenvalue weighted by Crippen LogP contribution is -2.39. The van der Waals surface area contributed by atoms with Crippen molar-refractivity contribution in [3.05, 3.63) is 17.8 Å². The molecule has 20 heavy (non-hydrogen) atoms. The number of nitrogens with zero attached hydrogens (tertiary/aromatic N) is 3. The first-order valence-electron chi connectivity index (χ1n) is 6.95. The lowest BCUT2D eigenvalue weighted by Gasteiger charge is -2.26. The summed E-state index contributed by atoms with van der Waals surface area (Å²) in [6.07, 6.45) is 0. The van der Waals surface area contributed by atoms with Gasteiger partial charge in [-0.2, -0.15) is 0 Å². The monoisotopic (exact) mass is 279 g/mol. The average molecular weight is 279 g/mol. The summed E-state index contributed by atoms with van der Waals surface area (Å²) in [6, 6.07) is 3.45. The summed E-state index contributed by atoms with van der Waals surface area (Å²) >= 11 is 0. The molecular weight excluding hydrogens is 258 g/mol. The van der Waals surface area contributed by atoms with Crippen molar-refractivity contribution in [3.63, 3.8) is 0 Å². The van der Waals surface area contributed by atoms with Crippen LogP contribution in [0, 0.1) is 0 Å². The SMILES string of the molecule is CCNC(=O)c1ccc(NCCN2CCOCC2)nn1. The number of carbonyl (C=O) groups is 1. The summed E-state index contributed by atoms with van der Waals surface area (Å²) in [6.45, 7) is 7.76. The summed E-state index contributed by atoms with van der Waals surface area (Å²) < 4.78 is 5.30. The third-order valence-electron chi connectivity index (χ3n) is 3.07. The van der Waals surface area contributed by atoms with Gasteiger partial charge in [-0.1, -0.05) is 0 Å². The highest BCUT2D eigenvalue weighted by Crippen LogP contribution is 2.02. The molecule has 1 aliphatic rings. The van der Waals surface area contributed by atoms with Crippen molar-refractivity contribution in [3.8, 4) is 0 Å². The van der Waals surface area contributed by atoms with E-state index in [1.807, 2.05) is 6.92 Å². The van der Waals surface area contributed by atoms with Crippen molar-refractivity contribution in [2.75, 3.05) is 51.3 Å². The van der Waals surface area contributed by atoms with Gasteiger partial charge in [0.05, 0.1) is 13.2 Å². The van der Waals surface area contributed by atoms with Crippen molar-refractivity contribution < 1.29 is 9.53 Å². The minimum atomic E-state index is -0.195. The summed E-state index contributed by atoms with van der Waals surface area (Å²) in [5, 5.41) is 13.8. The molecule has 2 N–H and O–H groups in total. The maximum Gasteiger partial charge on any atom is 0.271 e. The zero-order chi connectivity index (χ0) is 14.2. The Bertz CT molecular complexity index is 417. The molecule has 110 valence electrons. The number of aromatic nitrogens is 2. The van der Waals surface area contributed by atoms with Gasteiger partial charge < -0.3 is 15.4 Å². The van der Waals surface area contributed by atoms with Gasteiger partial charge in [0.15, 0.2) is 5.69 Å². The molecule has 1 fully saturated rings. The molecule has 0 atom stereocenters. The average Bonchev–Trinajstić information content (AvgIpc) is 2.49. The van der Waals surface area contributed by atoms with E-state index in [0.717, 1.165) is 39.4 Å². The topological polar surface area (TPSA) is 79.4 Å². The number of nitrogens with one attached hydrogen (secondary N) is 2. The predicted octanol–water partition coefficient (Wildman–Crippen LogP) is -0.0296. The molecule has 2 heterocycles. The van der Waals surface area contributed by atoms with E-state index < -0.39 is 0 Å². The van der Waals surface area contributed by atoms with Gasteiger partial charge in [-0.25, -0.2) is 0 Å². The fourth-order valence-corrected chi connectivity index (χ4v) is 1.97. The third-order valence-corrected chi connectivity index (χ3v) is 3.07. The van der Waals surface area contributed by atoms with Crippen molar-refractivity contribution in [2.45, 2.75) is 6.92 Å². The maximum atomic E-state index is 11.5. The Morgan fingerprint density at radius 3 is 2.80 bits per heavy atom. The van der Waals surface area contributed by atoms with Gasteiger partial charge >= 0.3 is 0 Å². The highest BCUT2D eigenvalue weighted by Gasteiger charge is 2.10. The number of anilines is 1. The Morgan fingerprint density at radius 2 is 2.15 bits per heavy atom. The van der Waals surface area contributed by atoms with E-state index >= 15 is 0 Å². The Labute approximate surface area is 118 Å². The first-order valence-corrected chi connectivity index (χ1v) is 6.95. The van der Waals surface area contributed by atoms with Gasteiger partial charge in [-0.05, 0) is 19.1 Å². The van der Waals surface area contributed by atoms with Crippen LogP contribution in [0.1, 0.15) is 17.4 Å². The predicted molar refractivity (Wildman–Crippen MR) is 75.8 cm³/mol. The zero-order valence-electron chi connectivity index (χ0n) is 11.8. The van der Waals surface area contributed by atoms with Crippen molar-refractivity contribution >= 4 is 11.7 Å². The molecule has 0 saturated carbocycles. The van der Waals surface area contributed by atoms with Gasteiger partial charge in [-0.15, -0.1) is 10.2 Å². The summed E-state index contributed by atoms with van der Waals surface area (Å²) in [5.41, 5.74) is 0.338. The van der Waals surface area contributed by atoms with Crippen molar-refractivity contribution in [2.24, 2.45) is 0 Å². The Kier molecular flexibility index (Phi) is 5.69. The summed E-state index contributed by atoms with van der Waals surface area (Å²) in [5.74, 6) is 0.492. The molecule has 1 saturated heterocycles. The van der Waals surface area contributed by atoms with Gasteiger partial charge in [0.25, 0.3) is 5.91 Å². The molecule has 7 nitrogen and oxygen atoms in total. The van der Waals surface area contributed by atoms with Gasteiger partial charge in [-0.3, -0.25) is 9.69 Å². The molecule has 1 aliphatic heterocycles. The minimum absolute atomic E-state index is 0.195. The second-order valence-corrected chi connectivity index (χ2v) is 4.54. The van der Waals surface area contributed by atoms with Gasteiger partial charge in [0, 0.05) is 32.7 Å². The molecule has 7 heteroatoms. The van der Waals surface area contributed by atoms with Crippen LogP contribution in [-0.4, -0.2) is 66.9 Å². The fourth-order valence-electron chi connectivity index (χ4n) is 1.97. The highest BCUT2D eigenvalue weighted by atomic mass is 16.5. The second-order valence-electron chi connectivity index (χ2n) is 4.54. The Balaban J connectivity index is 1.74. The molecule has 0 bridgehead atoms. The van der Waals surface area contributed by atoms with Crippen LogP contribution in [0.25, 0.3) is 0 Å². The lowest BCUT2D eigenvalue weighted by molar-refractivity contribution is 0.0398. The number of rotatable bonds is 6. The number of carbonyl (C=O) groups excluding carboxylic acids is 1. The summed E-state index contributed by atoms with van der Waals surface area (Å²) in [7, 11) is 0. The van der Waals surface area contributed by atoms with Crippen LogP contribution in [0.2, 0.25) is 0 Å². The maximum absolute atomic E-state index is 11.5. The van der Waals surface area contributed by atoms with E-state index in [1.165, 1.54) is 0 Å². The normalized spacial score (nSPS) is 15.8. The molecular formula is C13H21N5O2. The largest absolute Gasteiger partial charge is 0.379 e. The second kappa shape index (κ2) is 7.76. The molecule has 0 spiro atoms. The number of ether oxygens (including phenoxy) is 1. The summed E-state index contributed by atoms with van der Waals surface area (Å²) in [4.78, 5) is 13.9. The highest BCUT2D eigenvalue weighted by molar-refractivity contribution is 5.92. The fraction of sp³-hybridized carbons (Fsp3) is 0.615. The van der Waals surface area contributed by atoms with E-state index in [2.05, 4.69) is 25.7 Å². The van der Waals surface area contributed by atoms with E-state index in [0.29, 0.717) is 18.1 Å². The molecule has 1 amide bonds. The molecule has 1 aromatic rings. The number of amides is 1. The van der Waals surface area contributed by atoms with Gasteiger partial charge in [0.1, 0.15) is 5.82 Å². The Morgan fingerprint density at radius 1 is 1.35 bits per heavy atom. The number of hydrogen-bond acceptors (Lipinski definition) is 6. The van der Waals surface area contributed by atoms with E-state index in [4.69, 9.17) is 4.74 Å². The first kappa shape index (κ1) is 14.7. The Hall–Kier alpha value is -1.73. The van der Waals surface area contributed by atoms with Crippen LogP contribution in [0.15, 0.2) is 12.1 Å². The van der Waals surface area contributed by atoms with Crippen molar-refractivity contribution in [1.29, 1.82) is 0 Å². The number of hydrogen-bond donors (Lipinski definition) is 2. The molecule has 0 aliphatic carbocycles. The van der Waals surface area contributed by atoms with Crippen LogP contribution >= 0.6 is 0 Å². The quantitative estimate of drug-likeness (QED) is 0.761. The first-order chi connectivity index (χ1) is 9.79. The third kappa shape index (κ3) is 4.43. The van der Waals surface area contributed by atoms with E-state index in [-0.39, 0.29) is 5.91 Å². The molecule has 0 unspecified atom stereocenters. The van der Waals surface area contributed by atoms with Crippen LogP contribution in [0.4, 0.5) is 5.82 Å². The van der Waals surface area contributed by atoms with Gasteiger partial charge in [0.2, 0.25) is 0 Å². The van der Waals surface area contributed by atoms with Crippen LogP contribution in [-0.2, 0) is 4.74 Å². The minimum Gasteiger partial charge on any atom is -0.379 e. The molecule has 0 radical (unpaired) electrons. The van der Waals surface area contributed by atoms with E-state index in [9.17, 15) is 4.79 Å². The zero-order valence-corrected chi connectivity index (χ0v) is 11.8. The van der Waals surface area contributed by atoms with Crippen LogP contribution < -0.4 is 10.6 Å². The van der Waals surface area contributed by atoms with Crippen LogP contribution in [0.5, 0.6) is 0 Å². The molecule has 0 aromatic carbocycles. The molecule has 2 rings (SSSR count).